The molecule has 2 N–H and O–H groups in total. The van der Waals surface area contributed by atoms with Crippen molar-refractivity contribution in [3.8, 4) is 0 Å². The Morgan fingerprint density at radius 1 is 1.44 bits per heavy atom. The fourth-order valence-electron chi connectivity index (χ4n) is 1.31. The standard InChI is InChI=1S/C12H14N2O4/c1-8(15)6-10(16)18-12(2,13)11(17)9-4-3-5-14-7-9/h3-5,7H,6,13H2,1-2H3. The molecule has 0 bridgehead atoms. The van der Waals surface area contributed by atoms with Crippen LogP contribution < -0.4 is 5.73 Å². The van der Waals surface area contributed by atoms with E-state index < -0.39 is 23.9 Å². The van der Waals surface area contributed by atoms with Crippen LogP contribution in [0.4, 0.5) is 0 Å². The molecule has 6 nitrogen and oxygen atoms in total. The van der Waals surface area contributed by atoms with Crippen molar-refractivity contribution < 1.29 is 19.1 Å². The number of esters is 1. The molecule has 0 amide bonds. The minimum Gasteiger partial charge on any atom is -0.436 e. The fourth-order valence-corrected chi connectivity index (χ4v) is 1.31. The molecule has 1 rings (SSSR count). The van der Waals surface area contributed by atoms with E-state index in [1.165, 1.54) is 32.3 Å². The van der Waals surface area contributed by atoms with Crippen LogP contribution in [0.2, 0.25) is 0 Å². The first-order valence-corrected chi connectivity index (χ1v) is 5.28. The summed E-state index contributed by atoms with van der Waals surface area (Å²) in [6.07, 6.45) is 2.42. The molecule has 0 spiro atoms. The van der Waals surface area contributed by atoms with E-state index >= 15 is 0 Å². The summed E-state index contributed by atoms with van der Waals surface area (Å²) in [7, 11) is 0. The topological polar surface area (TPSA) is 99.4 Å². The van der Waals surface area contributed by atoms with E-state index in [1.54, 1.807) is 6.07 Å². The second kappa shape index (κ2) is 5.50. The van der Waals surface area contributed by atoms with Crippen molar-refractivity contribution in [3.05, 3.63) is 30.1 Å². The number of ether oxygens (including phenoxy) is 1. The van der Waals surface area contributed by atoms with Crippen LogP contribution in [0.25, 0.3) is 0 Å². The van der Waals surface area contributed by atoms with Crippen LogP contribution in [0.1, 0.15) is 30.6 Å². The molecule has 1 aromatic heterocycles. The van der Waals surface area contributed by atoms with Crippen molar-refractivity contribution >= 4 is 17.5 Å². The van der Waals surface area contributed by atoms with Gasteiger partial charge in [-0.15, -0.1) is 0 Å². The van der Waals surface area contributed by atoms with Gasteiger partial charge in [0.15, 0.2) is 0 Å². The van der Waals surface area contributed by atoms with Gasteiger partial charge in [-0.3, -0.25) is 25.1 Å². The zero-order chi connectivity index (χ0) is 13.8. The van der Waals surface area contributed by atoms with E-state index in [4.69, 9.17) is 10.5 Å². The first-order valence-electron chi connectivity index (χ1n) is 5.28. The minimum absolute atomic E-state index is 0.234. The zero-order valence-corrected chi connectivity index (χ0v) is 10.2. The van der Waals surface area contributed by atoms with Crippen LogP contribution in [0.15, 0.2) is 24.5 Å². The van der Waals surface area contributed by atoms with Crippen LogP contribution in [0.3, 0.4) is 0 Å². The molecule has 0 fully saturated rings. The normalized spacial score (nSPS) is 13.5. The van der Waals surface area contributed by atoms with Crippen molar-refractivity contribution in [1.29, 1.82) is 0 Å². The summed E-state index contributed by atoms with van der Waals surface area (Å²) in [6, 6.07) is 3.08. The average Bonchev–Trinajstić information content (AvgIpc) is 2.27. The third-order valence-corrected chi connectivity index (χ3v) is 2.09. The molecule has 96 valence electrons. The summed E-state index contributed by atoms with van der Waals surface area (Å²) in [4.78, 5) is 37.8. The Hall–Kier alpha value is -2.08. The third-order valence-electron chi connectivity index (χ3n) is 2.09. The number of hydrogen-bond donors (Lipinski definition) is 1. The van der Waals surface area contributed by atoms with Gasteiger partial charge in [-0.25, -0.2) is 0 Å². The molecule has 18 heavy (non-hydrogen) atoms. The Morgan fingerprint density at radius 3 is 2.61 bits per heavy atom. The summed E-state index contributed by atoms with van der Waals surface area (Å²) < 4.78 is 4.81. The monoisotopic (exact) mass is 250 g/mol. The maximum atomic E-state index is 12.0. The highest BCUT2D eigenvalue weighted by Gasteiger charge is 2.33. The minimum atomic E-state index is -1.81. The van der Waals surface area contributed by atoms with E-state index in [-0.39, 0.29) is 11.3 Å². The maximum Gasteiger partial charge on any atom is 0.315 e. The highest BCUT2D eigenvalue weighted by molar-refractivity contribution is 6.03. The number of carbonyl (C=O) groups is 3. The molecule has 6 heteroatoms. The molecule has 0 aliphatic heterocycles. The Kier molecular flexibility index (Phi) is 4.28. The molecule has 1 atom stereocenters. The summed E-state index contributed by atoms with van der Waals surface area (Å²) in [5, 5.41) is 0. The van der Waals surface area contributed by atoms with Crippen molar-refractivity contribution in [1.82, 2.24) is 4.98 Å². The Bertz CT molecular complexity index is 468. The molecule has 1 unspecified atom stereocenters. The van der Waals surface area contributed by atoms with E-state index in [0.717, 1.165) is 0 Å². The highest BCUT2D eigenvalue weighted by atomic mass is 16.6. The largest absolute Gasteiger partial charge is 0.436 e. The summed E-state index contributed by atoms with van der Waals surface area (Å²) >= 11 is 0. The smallest absolute Gasteiger partial charge is 0.315 e. The van der Waals surface area contributed by atoms with Gasteiger partial charge in [0.1, 0.15) is 12.2 Å². The van der Waals surface area contributed by atoms with Gasteiger partial charge in [-0.1, -0.05) is 0 Å². The van der Waals surface area contributed by atoms with Gasteiger partial charge in [0.25, 0.3) is 0 Å². The number of carbonyl (C=O) groups excluding carboxylic acids is 3. The number of nitrogens with zero attached hydrogens (tertiary/aromatic N) is 1. The summed E-state index contributed by atoms with van der Waals surface area (Å²) in [6.45, 7) is 2.51. The first kappa shape index (κ1) is 14.0. The van der Waals surface area contributed by atoms with E-state index in [2.05, 4.69) is 4.98 Å². The highest BCUT2D eigenvalue weighted by Crippen LogP contribution is 2.12. The van der Waals surface area contributed by atoms with Crippen LogP contribution in [0.5, 0.6) is 0 Å². The van der Waals surface area contributed by atoms with Gasteiger partial charge >= 0.3 is 5.97 Å². The predicted octanol–water partition coefficient (Wildman–Crippen LogP) is 0.461. The SMILES string of the molecule is CC(=O)CC(=O)OC(C)(N)C(=O)c1cccnc1. The molecule has 0 aliphatic rings. The average molecular weight is 250 g/mol. The number of hydrogen-bond acceptors (Lipinski definition) is 6. The molecule has 0 aliphatic carbocycles. The number of ketones is 2. The number of nitrogens with two attached hydrogens (primary N) is 1. The van der Waals surface area contributed by atoms with Gasteiger partial charge in [0, 0.05) is 18.0 Å². The third kappa shape index (κ3) is 3.74. The lowest BCUT2D eigenvalue weighted by molar-refractivity contribution is -0.154. The molecular weight excluding hydrogens is 236 g/mol. The molecule has 0 saturated heterocycles. The van der Waals surface area contributed by atoms with Gasteiger partial charge in [0.05, 0.1) is 0 Å². The Balaban J connectivity index is 2.78. The lowest BCUT2D eigenvalue weighted by Crippen LogP contribution is -2.49. The van der Waals surface area contributed by atoms with Gasteiger partial charge < -0.3 is 4.74 Å². The molecule has 1 aromatic rings. The van der Waals surface area contributed by atoms with E-state index in [0.29, 0.717) is 0 Å². The second-order valence-electron chi connectivity index (χ2n) is 4.03. The predicted molar refractivity (Wildman–Crippen MR) is 62.5 cm³/mol. The molecule has 1 heterocycles. The van der Waals surface area contributed by atoms with Gasteiger partial charge in [-0.2, -0.15) is 0 Å². The number of pyridine rings is 1. The number of rotatable bonds is 5. The molecule has 0 aromatic carbocycles. The van der Waals surface area contributed by atoms with Crippen LogP contribution in [-0.4, -0.2) is 28.2 Å². The van der Waals surface area contributed by atoms with Crippen molar-refractivity contribution in [2.45, 2.75) is 26.0 Å². The van der Waals surface area contributed by atoms with Crippen molar-refractivity contribution in [2.24, 2.45) is 5.73 Å². The second-order valence-corrected chi connectivity index (χ2v) is 4.03. The van der Waals surface area contributed by atoms with Gasteiger partial charge in [-0.05, 0) is 26.0 Å². The van der Waals surface area contributed by atoms with E-state index in [9.17, 15) is 14.4 Å². The summed E-state index contributed by atoms with van der Waals surface area (Å²) in [5.74, 6) is -1.76. The van der Waals surface area contributed by atoms with Crippen LogP contribution in [0, 0.1) is 0 Å². The number of aromatic nitrogens is 1. The summed E-state index contributed by atoms with van der Waals surface area (Å²) in [5.41, 5.74) is 4.06. The first-order chi connectivity index (χ1) is 8.33. The molecular formula is C12H14N2O4. The fraction of sp³-hybridized carbons (Fsp3) is 0.333. The molecule has 0 radical (unpaired) electrons. The van der Waals surface area contributed by atoms with Crippen molar-refractivity contribution in [3.63, 3.8) is 0 Å². The lowest BCUT2D eigenvalue weighted by Gasteiger charge is -2.22. The maximum absolute atomic E-state index is 12.0. The lowest BCUT2D eigenvalue weighted by atomic mass is 10.0. The Labute approximate surface area is 104 Å². The quantitative estimate of drug-likeness (QED) is 0.353. The number of Topliss-reactive ketones (excluding diaryl/α,β-unsaturated/α-hetero) is 2. The molecule has 0 saturated carbocycles. The Morgan fingerprint density at radius 2 is 2.11 bits per heavy atom. The van der Waals surface area contributed by atoms with E-state index in [1.807, 2.05) is 0 Å². The van der Waals surface area contributed by atoms with Gasteiger partial charge in [0.2, 0.25) is 11.5 Å². The van der Waals surface area contributed by atoms with Crippen LogP contribution >= 0.6 is 0 Å². The van der Waals surface area contributed by atoms with Crippen molar-refractivity contribution in [2.75, 3.05) is 0 Å². The zero-order valence-electron chi connectivity index (χ0n) is 10.2. The van der Waals surface area contributed by atoms with Crippen LogP contribution in [-0.2, 0) is 14.3 Å².